The maximum atomic E-state index is 13.0. The Labute approximate surface area is 157 Å². The topological polar surface area (TPSA) is 79.0 Å². The number of rotatable bonds is 7. The fraction of sp³-hybridized carbons (Fsp3) is 0.842. The van der Waals surface area contributed by atoms with E-state index in [9.17, 15) is 14.4 Å². The molecule has 7 nitrogen and oxygen atoms in total. The number of ether oxygens (including phenoxy) is 1. The average Bonchev–Trinajstić information content (AvgIpc) is 3.04. The molecule has 1 rings (SSSR count). The maximum Gasteiger partial charge on any atom is 0.308 e. The molecular weight excluding hydrogens is 334 g/mol. The summed E-state index contributed by atoms with van der Waals surface area (Å²) in [6.07, 6.45) is 4.10. The van der Waals surface area contributed by atoms with Gasteiger partial charge in [-0.1, -0.05) is 12.8 Å². The molecule has 26 heavy (non-hydrogen) atoms. The number of hydrogen-bond donors (Lipinski definition) is 1. The second-order valence-corrected chi connectivity index (χ2v) is 8.30. The SMILES string of the molecule is CNC(C(=O)N(C)[C@@H](CC(=O)OC(C)(C)C)C(=O)N(C)C)C1CCCC1. The molecule has 7 heteroatoms. The number of esters is 1. The molecule has 1 N–H and O–H groups in total. The fourth-order valence-corrected chi connectivity index (χ4v) is 3.45. The van der Waals surface area contributed by atoms with Crippen LogP contribution in [0.1, 0.15) is 52.9 Å². The first-order chi connectivity index (χ1) is 12.0. The van der Waals surface area contributed by atoms with Crippen LogP contribution in [-0.4, -0.2) is 73.5 Å². The normalized spacial score (nSPS) is 17.5. The van der Waals surface area contributed by atoms with Gasteiger partial charge in [-0.2, -0.15) is 0 Å². The van der Waals surface area contributed by atoms with Crippen LogP contribution >= 0.6 is 0 Å². The molecule has 1 saturated carbocycles. The predicted molar refractivity (Wildman–Crippen MR) is 101 cm³/mol. The van der Waals surface area contributed by atoms with E-state index in [1.807, 2.05) is 0 Å². The van der Waals surface area contributed by atoms with Crippen molar-refractivity contribution in [2.45, 2.75) is 70.6 Å². The van der Waals surface area contributed by atoms with Crippen LogP contribution in [0.4, 0.5) is 0 Å². The van der Waals surface area contributed by atoms with E-state index in [1.54, 1.807) is 49.0 Å². The highest BCUT2D eigenvalue weighted by Gasteiger charge is 2.37. The highest BCUT2D eigenvalue weighted by atomic mass is 16.6. The second-order valence-electron chi connectivity index (χ2n) is 8.30. The second kappa shape index (κ2) is 9.35. The summed E-state index contributed by atoms with van der Waals surface area (Å²) in [6, 6.07) is -1.21. The minimum atomic E-state index is -0.871. The van der Waals surface area contributed by atoms with E-state index in [2.05, 4.69) is 5.32 Å². The van der Waals surface area contributed by atoms with Gasteiger partial charge >= 0.3 is 5.97 Å². The minimum absolute atomic E-state index is 0.150. The van der Waals surface area contributed by atoms with Crippen molar-refractivity contribution < 1.29 is 19.1 Å². The minimum Gasteiger partial charge on any atom is -0.460 e. The van der Waals surface area contributed by atoms with Gasteiger partial charge in [0.1, 0.15) is 11.6 Å². The highest BCUT2D eigenvalue weighted by Crippen LogP contribution is 2.29. The Morgan fingerprint density at radius 2 is 1.62 bits per heavy atom. The van der Waals surface area contributed by atoms with Crippen LogP contribution < -0.4 is 5.32 Å². The fourth-order valence-electron chi connectivity index (χ4n) is 3.45. The van der Waals surface area contributed by atoms with E-state index in [0.717, 1.165) is 25.7 Å². The molecule has 0 aromatic rings. The van der Waals surface area contributed by atoms with Gasteiger partial charge in [-0.25, -0.2) is 0 Å². The summed E-state index contributed by atoms with van der Waals surface area (Å²) < 4.78 is 5.35. The molecule has 1 aliphatic carbocycles. The van der Waals surface area contributed by atoms with Crippen LogP contribution in [0.2, 0.25) is 0 Å². The van der Waals surface area contributed by atoms with Gasteiger partial charge in [0.25, 0.3) is 0 Å². The van der Waals surface area contributed by atoms with Crippen LogP contribution in [0.5, 0.6) is 0 Å². The van der Waals surface area contributed by atoms with Gasteiger partial charge in [-0.05, 0) is 46.6 Å². The molecule has 150 valence electrons. The van der Waals surface area contributed by atoms with Crippen molar-refractivity contribution in [3.05, 3.63) is 0 Å². The predicted octanol–water partition coefficient (Wildman–Crippen LogP) is 1.41. The Hall–Kier alpha value is -1.63. The summed E-state index contributed by atoms with van der Waals surface area (Å²) in [6.45, 7) is 5.33. The zero-order chi connectivity index (χ0) is 20.1. The number of hydrogen-bond acceptors (Lipinski definition) is 5. The van der Waals surface area contributed by atoms with E-state index >= 15 is 0 Å². The molecule has 0 radical (unpaired) electrons. The van der Waals surface area contributed by atoms with E-state index in [4.69, 9.17) is 4.74 Å². The van der Waals surface area contributed by atoms with Crippen molar-refractivity contribution in [2.75, 3.05) is 28.2 Å². The van der Waals surface area contributed by atoms with Gasteiger partial charge in [0.2, 0.25) is 11.8 Å². The van der Waals surface area contributed by atoms with E-state index in [-0.39, 0.29) is 30.2 Å². The van der Waals surface area contributed by atoms with Gasteiger partial charge in [-0.3, -0.25) is 14.4 Å². The molecule has 0 aromatic heterocycles. The molecule has 0 heterocycles. The lowest BCUT2D eigenvalue weighted by Gasteiger charge is -2.33. The zero-order valence-electron chi connectivity index (χ0n) is 17.3. The molecule has 0 bridgehead atoms. The van der Waals surface area contributed by atoms with Crippen LogP contribution in [0.15, 0.2) is 0 Å². The summed E-state index contributed by atoms with van der Waals surface area (Å²) in [7, 11) is 6.61. The van der Waals surface area contributed by atoms with Crippen molar-refractivity contribution in [3.8, 4) is 0 Å². The van der Waals surface area contributed by atoms with Crippen LogP contribution in [0, 0.1) is 5.92 Å². The third-order valence-corrected chi connectivity index (χ3v) is 4.77. The quantitative estimate of drug-likeness (QED) is 0.687. The van der Waals surface area contributed by atoms with Crippen molar-refractivity contribution in [2.24, 2.45) is 5.92 Å². The van der Waals surface area contributed by atoms with Crippen molar-refractivity contribution in [3.63, 3.8) is 0 Å². The third kappa shape index (κ3) is 6.27. The number of nitrogens with zero attached hydrogens (tertiary/aromatic N) is 2. The molecule has 2 amide bonds. The Bertz CT molecular complexity index is 507. The smallest absolute Gasteiger partial charge is 0.308 e. The first-order valence-electron chi connectivity index (χ1n) is 9.35. The Morgan fingerprint density at radius 3 is 2.04 bits per heavy atom. The molecule has 1 aliphatic rings. The number of carbonyl (C=O) groups is 3. The Balaban J connectivity index is 2.95. The lowest BCUT2D eigenvalue weighted by molar-refractivity contribution is -0.160. The summed E-state index contributed by atoms with van der Waals surface area (Å²) in [5.74, 6) is -0.651. The Morgan fingerprint density at radius 1 is 1.08 bits per heavy atom. The molecule has 2 atom stereocenters. The van der Waals surface area contributed by atoms with E-state index < -0.39 is 17.6 Å². The van der Waals surface area contributed by atoms with Crippen molar-refractivity contribution >= 4 is 17.8 Å². The summed E-state index contributed by atoms with van der Waals surface area (Å²) >= 11 is 0. The van der Waals surface area contributed by atoms with Gasteiger partial charge in [0.05, 0.1) is 12.5 Å². The summed E-state index contributed by atoms with van der Waals surface area (Å²) in [5, 5.41) is 3.11. The zero-order valence-corrected chi connectivity index (χ0v) is 17.3. The first-order valence-corrected chi connectivity index (χ1v) is 9.35. The van der Waals surface area contributed by atoms with Crippen LogP contribution in [0.3, 0.4) is 0 Å². The largest absolute Gasteiger partial charge is 0.460 e. The Kier molecular flexibility index (Phi) is 8.06. The third-order valence-electron chi connectivity index (χ3n) is 4.77. The molecule has 0 aliphatic heterocycles. The highest BCUT2D eigenvalue weighted by molar-refractivity contribution is 5.92. The number of likely N-dealkylation sites (N-methyl/N-ethyl adjacent to an activating group) is 3. The number of nitrogens with one attached hydrogen (secondary N) is 1. The molecule has 0 aromatic carbocycles. The van der Waals surface area contributed by atoms with Gasteiger partial charge in [0.15, 0.2) is 0 Å². The van der Waals surface area contributed by atoms with Gasteiger partial charge < -0.3 is 19.9 Å². The van der Waals surface area contributed by atoms with Crippen LogP contribution in [0.25, 0.3) is 0 Å². The van der Waals surface area contributed by atoms with Gasteiger partial charge in [0, 0.05) is 21.1 Å². The molecule has 1 fully saturated rings. The number of amides is 2. The summed E-state index contributed by atoms with van der Waals surface area (Å²) in [5.41, 5.74) is -0.636. The molecule has 0 saturated heterocycles. The van der Waals surface area contributed by atoms with E-state index in [0.29, 0.717) is 0 Å². The first kappa shape index (κ1) is 22.4. The monoisotopic (exact) mass is 369 g/mol. The summed E-state index contributed by atoms with van der Waals surface area (Å²) in [4.78, 5) is 40.7. The van der Waals surface area contributed by atoms with E-state index in [1.165, 1.54) is 9.80 Å². The standard InChI is InChI=1S/C19H35N3O4/c1-19(2,3)26-15(23)12-14(17(24)21(5)6)22(7)18(25)16(20-4)13-10-8-9-11-13/h13-14,16,20H,8-12H2,1-7H3/t14-,16?/m0/s1. The molecule has 0 spiro atoms. The molecular formula is C19H35N3O4. The number of carbonyl (C=O) groups excluding carboxylic acids is 3. The average molecular weight is 370 g/mol. The van der Waals surface area contributed by atoms with Crippen LogP contribution in [-0.2, 0) is 19.1 Å². The van der Waals surface area contributed by atoms with Crippen molar-refractivity contribution in [1.82, 2.24) is 15.1 Å². The van der Waals surface area contributed by atoms with Crippen molar-refractivity contribution in [1.29, 1.82) is 0 Å². The maximum absolute atomic E-state index is 13.0. The molecule has 1 unspecified atom stereocenters. The lowest BCUT2D eigenvalue weighted by Crippen LogP contribution is -2.55. The lowest BCUT2D eigenvalue weighted by atomic mass is 9.96. The van der Waals surface area contributed by atoms with Gasteiger partial charge in [-0.15, -0.1) is 0 Å².